The van der Waals surface area contributed by atoms with Crippen LogP contribution >= 0.6 is 0 Å². The van der Waals surface area contributed by atoms with Crippen LogP contribution in [0.3, 0.4) is 0 Å². The van der Waals surface area contributed by atoms with Gasteiger partial charge in [0.1, 0.15) is 5.60 Å². The standard InChI is InChI=1S/C23H29N5O3/c1-23(2,3)31-22(30)27-13-17-5-6-18(14-27)28(17)21(29)26-20-12-16(4-7-19(20)24)15-8-10-25-11-9-15/h4,7-12,17-18H,5-6,13-14,24H2,1-3H3,(H,26,29). The summed E-state index contributed by atoms with van der Waals surface area (Å²) in [5.74, 6) is 0. The number of nitrogens with one attached hydrogen (secondary N) is 1. The highest BCUT2D eigenvalue weighted by Gasteiger charge is 2.44. The van der Waals surface area contributed by atoms with Gasteiger partial charge in [0.2, 0.25) is 0 Å². The third kappa shape index (κ3) is 4.57. The number of rotatable bonds is 2. The zero-order valence-corrected chi connectivity index (χ0v) is 18.2. The van der Waals surface area contributed by atoms with E-state index in [1.165, 1.54) is 0 Å². The molecular formula is C23H29N5O3. The number of nitrogen functional groups attached to an aromatic ring is 1. The van der Waals surface area contributed by atoms with Crippen LogP contribution in [0.25, 0.3) is 11.1 Å². The number of hydrogen-bond donors (Lipinski definition) is 2. The highest BCUT2D eigenvalue weighted by Crippen LogP contribution is 2.33. The van der Waals surface area contributed by atoms with Crippen molar-refractivity contribution in [3.63, 3.8) is 0 Å². The second-order valence-electron chi connectivity index (χ2n) is 9.15. The molecule has 0 saturated carbocycles. The van der Waals surface area contributed by atoms with Crippen LogP contribution < -0.4 is 11.1 Å². The minimum atomic E-state index is -0.540. The maximum absolute atomic E-state index is 13.1. The molecule has 2 unspecified atom stereocenters. The number of likely N-dealkylation sites (tertiary alicyclic amines) is 1. The SMILES string of the molecule is CC(C)(C)OC(=O)N1CC2CCC(C1)N2C(=O)Nc1cc(-c2ccncc2)ccc1N. The molecule has 3 heterocycles. The van der Waals surface area contributed by atoms with Gasteiger partial charge in [0, 0.05) is 25.5 Å². The van der Waals surface area contributed by atoms with E-state index in [-0.39, 0.29) is 24.2 Å². The molecule has 31 heavy (non-hydrogen) atoms. The van der Waals surface area contributed by atoms with Gasteiger partial charge in [-0.2, -0.15) is 0 Å². The molecule has 2 aromatic rings. The molecule has 0 radical (unpaired) electrons. The van der Waals surface area contributed by atoms with Crippen molar-refractivity contribution in [2.45, 2.75) is 51.3 Å². The van der Waals surface area contributed by atoms with Gasteiger partial charge in [-0.05, 0) is 69.0 Å². The summed E-state index contributed by atoms with van der Waals surface area (Å²) in [4.78, 5) is 33.3. The fourth-order valence-electron chi connectivity index (χ4n) is 4.28. The van der Waals surface area contributed by atoms with Crippen LogP contribution in [-0.4, -0.2) is 57.7 Å². The summed E-state index contributed by atoms with van der Waals surface area (Å²) in [5.41, 5.74) is 8.62. The van der Waals surface area contributed by atoms with Crippen molar-refractivity contribution in [3.05, 3.63) is 42.7 Å². The number of aromatic nitrogens is 1. The Morgan fingerprint density at radius 2 is 1.71 bits per heavy atom. The summed E-state index contributed by atoms with van der Waals surface area (Å²) in [6.45, 7) is 6.52. The van der Waals surface area contributed by atoms with Gasteiger partial charge in [-0.1, -0.05) is 6.07 Å². The Morgan fingerprint density at radius 1 is 1.06 bits per heavy atom. The number of pyridine rings is 1. The number of nitrogens with two attached hydrogens (primary N) is 1. The minimum Gasteiger partial charge on any atom is -0.444 e. The summed E-state index contributed by atoms with van der Waals surface area (Å²) >= 11 is 0. The molecule has 2 fully saturated rings. The smallest absolute Gasteiger partial charge is 0.410 e. The Kier molecular flexibility index (Phi) is 5.47. The van der Waals surface area contributed by atoms with Crippen molar-refractivity contribution in [1.82, 2.24) is 14.8 Å². The van der Waals surface area contributed by atoms with Gasteiger partial charge in [0.05, 0.1) is 23.5 Å². The number of amides is 3. The van der Waals surface area contributed by atoms with Crippen molar-refractivity contribution in [3.8, 4) is 11.1 Å². The van der Waals surface area contributed by atoms with Gasteiger partial charge < -0.3 is 25.6 Å². The largest absolute Gasteiger partial charge is 0.444 e. The molecular weight excluding hydrogens is 394 g/mol. The van der Waals surface area contributed by atoms with Crippen molar-refractivity contribution < 1.29 is 14.3 Å². The number of nitrogens with zero attached hydrogens (tertiary/aromatic N) is 3. The molecule has 164 valence electrons. The van der Waals surface area contributed by atoms with Gasteiger partial charge in [0.15, 0.2) is 0 Å². The van der Waals surface area contributed by atoms with Crippen LogP contribution in [0, 0.1) is 0 Å². The van der Waals surface area contributed by atoms with E-state index in [1.807, 2.05) is 49.9 Å². The van der Waals surface area contributed by atoms with Gasteiger partial charge in [-0.3, -0.25) is 4.98 Å². The third-order valence-electron chi connectivity index (χ3n) is 5.68. The maximum Gasteiger partial charge on any atom is 0.410 e. The average molecular weight is 424 g/mol. The van der Waals surface area contributed by atoms with E-state index in [2.05, 4.69) is 10.3 Å². The number of piperazine rings is 1. The van der Waals surface area contributed by atoms with Crippen LogP contribution in [0.15, 0.2) is 42.7 Å². The van der Waals surface area contributed by atoms with Gasteiger partial charge in [-0.15, -0.1) is 0 Å². The molecule has 8 heteroatoms. The summed E-state index contributed by atoms with van der Waals surface area (Å²) in [5, 5.41) is 2.98. The van der Waals surface area contributed by atoms with Crippen LogP contribution in [-0.2, 0) is 4.74 Å². The van der Waals surface area contributed by atoms with Crippen LogP contribution in [0.5, 0.6) is 0 Å². The molecule has 1 aromatic heterocycles. The van der Waals surface area contributed by atoms with E-state index in [0.717, 1.165) is 24.0 Å². The number of fused-ring (bicyclic) bond motifs is 2. The van der Waals surface area contributed by atoms with Crippen molar-refractivity contribution >= 4 is 23.5 Å². The lowest BCUT2D eigenvalue weighted by molar-refractivity contribution is 0.00820. The minimum absolute atomic E-state index is 0.0316. The fourth-order valence-corrected chi connectivity index (χ4v) is 4.28. The zero-order valence-electron chi connectivity index (χ0n) is 18.2. The second kappa shape index (κ2) is 8.09. The van der Waals surface area contributed by atoms with Crippen LogP contribution in [0.1, 0.15) is 33.6 Å². The molecule has 0 aliphatic carbocycles. The molecule has 1 aromatic carbocycles. The normalized spacial score (nSPS) is 20.5. The molecule has 2 bridgehead atoms. The molecule has 2 saturated heterocycles. The number of urea groups is 1. The van der Waals surface area contributed by atoms with E-state index in [9.17, 15) is 9.59 Å². The van der Waals surface area contributed by atoms with Crippen LogP contribution in [0.2, 0.25) is 0 Å². The topological polar surface area (TPSA) is 101 Å². The van der Waals surface area contributed by atoms with Crippen molar-refractivity contribution in [1.29, 1.82) is 0 Å². The maximum atomic E-state index is 13.1. The summed E-state index contributed by atoms with van der Waals surface area (Å²) in [6, 6.07) is 9.16. The Balaban J connectivity index is 1.46. The Labute approximate surface area is 182 Å². The number of ether oxygens (including phenoxy) is 1. The predicted molar refractivity (Wildman–Crippen MR) is 120 cm³/mol. The van der Waals surface area contributed by atoms with E-state index in [0.29, 0.717) is 24.5 Å². The number of benzene rings is 1. The highest BCUT2D eigenvalue weighted by atomic mass is 16.6. The Bertz CT molecular complexity index is 959. The molecule has 2 aliphatic heterocycles. The van der Waals surface area contributed by atoms with Gasteiger partial charge in [0.25, 0.3) is 0 Å². The first-order valence-electron chi connectivity index (χ1n) is 10.6. The summed E-state index contributed by atoms with van der Waals surface area (Å²) in [6.07, 6.45) is 4.87. The predicted octanol–water partition coefficient (Wildman–Crippen LogP) is 3.95. The van der Waals surface area contributed by atoms with E-state index >= 15 is 0 Å². The average Bonchev–Trinajstić information content (AvgIpc) is 2.98. The molecule has 8 nitrogen and oxygen atoms in total. The number of carbonyl (C=O) groups excluding carboxylic acids is 2. The fraction of sp³-hybridized carbons (Fsp3) is 0.435. The quantitative estimate of drug-likeness (QED) is 0.713. The first-order valence-corrected chi connectivity index (χ1v) is 10.6. The van der Waals surface area contributed by atoms with E-state index in [4.69, 9.17) is 10.5 Å². The third-order valence-corrected chi connectivity index (χ3v) is 5.68. The first-order chi connectivity index (χ1) is 14.7. The molecule has 4 rings (SSSR count). The molecule has 3 N–H and O–H groups in total. The van der Waals surface area contributed by atoms with Gasteiger partial charge in [-0.25, -0.2) is 9.59 Å². The molecule has 2 atom stereocenters. The molecule has 2 aliphatic rings. The highest BCUT2D eigenvalue weighted by molar-refractivity contribution is 5.94. The Morgan fingerprint density at radius 3 is 2.32 bits per heavy atom. The van der Waals surface area contributed by atoms with E-state index in [1.54, 1.807) is 23.4 Å². The zero-order chi connectivity index (χ0) is 22.2. The van der Waals surface area contributed by atoms with Gasteiger partial charge >= 0.3 is 12.1 Å². The second-order valence-corrected chi connectivity index (χ2v) is 9.15. The monoisotopic (exact) mass is 423 g/mol. The van der Waals surface area contributed by atoms with E-state index < -0.39 is 5.60 Å². The lowest BCUT2D eigenvalue weighted by Gasteiger charge is -2.41. The Hall–Kier alpha value is -3.29. The number of carbonyl (C=O) groups is 2. The van der Waals surface area contributed by atoms with Crippen molar-refractivity contribution in [2.24, 2.45) is 0 Å². The molecule has 3 amide bonds. The lowest BCUT2D eigenvalue weighted by atomic mass is 10.1. The molecule has 0 spiro atoms. The van der Waals surface area contributed by atoms with Crippen LogP contribution in [0.4, 0.5) is 21.0 Å². The number of hydrogen-bond acceptors (Lipinski definition) is 5. The summed E-state index contributed by atoms with van der Waals surface area (Å²) in [7, 11) is 0. The van der Waals surface area contributed by atoms with Crippen molar-refractivity contribution in [2.75, 3.05) is 24.1 Å². The first kappa shape index (κ1) is 21.0. The lowest BCUT2D eigenvalue weighted by Crippen LogP contribution is -2.58. The number of anilines is 2. The summed E-state index contributed by atoms with van der Waals surface area (Å²) < 4.78 is 5.51.